The fourth-order valence-corrected chi connectivity index (χ4v) is 2.43. The molecule has 0 spiro atoms. The molecule has 96 valence electrons. The van der Waals surface area contributed by atoms with Gasteiger partial charge in [-0.1, -0.05) is 42.7 Å². The minimum Gasteiger partial charge on any atom is -0.312 e. The number of carbonyl (C=O) groups excluding carboxylic acids is 1. The van der Waals surface area contributed by atoms with Crippen LogP contribution in [0.2, 0.25) is 0 Å². The van der Waals surface area contributed by atoms with Crippen molar-refractivity contribution in [2.24, 2.45) is 4.99 Å². The van der Waals surface area contributed by atoms with Gasteiger partial charge in [-0.05, 0) is 25.8 Å². The van der Waals surface area contributed by atoms with Crippen LogP contribution in [0.25, 0.3) is 0 Å². The minimum atomic E-state index is -0.170. The number of carbonyl (C=O) groups is 1. The normalized spacial score (nSPS) is 18.7. The monoisotopic (exact) mass is 244 g/mol. The first-order valence-corrected chi connectivity index (χ1v) is 6.53. The lowest BCUT2D eigenvalue weighted by atomic mass is 10.0. The number of rotatable bonds is 4. The van der Waals surface area contributed by atoms with Crippen LogP contribution in [0.15, 0.2) is 23.2 Å². The number of nitrogens with zero attached hydrogens (tertiary/aromatic N) is 1. The highest BCUT2D eigenvalue weighted by molar-refractivity contribution is 6.06. The summed E-state index contributed by atoms with van der Waals surface area (Å²) >= 11 is 0. The lowest BCUT2D eigenvalue weighted by molar-refractivity contribution is -0.120. The molecule has 0 fully saturated rings. The van der Waals surface area contributed by atoms with E-state index in [1.54, 1.807) is 0 Å². The van der Waals surface area contributed by atoms with Crippen LogP contribution < -0.4 is 5.32 Å². The molecule has 3 heteroatoms. The second-order valence-electron chi connectivity index (χ2n) is 5.04. The standard InChI is InChI=1S/C15H20N2O/c1-4-5-13-15(18)17-14(16-13)9-12-7-10(2)6-11(3)8-12/h6-8,13H,4-5,9H2,1-3H3,(H,16,17,18). The Kier molecular flexibility index (Phi) is 3.80. The van der Waals surface area contributed by atoms with Gasteiger partial charge in [0.05, 0.1) is 0 Å². The van der Waals surface area contributed by atoms with Crippen molar-refractivity contribution in [3.8, 4) is 0 Å². The fourth-order valence-electron chi connectivity index (χ4n) is 2.43. The van der Waals surface area contributed by atoms with E-state index >= 15 is 0 Å². The van der Waals surface area contributed by atoms with E-state index in [0.29, 0.717) is 6.42 Å². The lowest BCUT2D eigenvalue weighted by Crippen LogP contribution is -2.29. The van der Waals surface area contributed by atoms with Crippen molar-refractivity contribution < 1.29 is 4.79 Å². The van der Waals surface area contributed by atoms with E-state index in [-0.39, 0.29) is 11.9 Å². The summed E-state index contributed by atoms with van der Waals surface area (Å²) in [7, 11) is 0. The zero-order valence-corrected chi connectivity index (χ0v) is 11.3. The second-order valence-corrected chi connectivity index (χ2v) is 5.04. The van der Waals surface area contributed by atoms with E-state index in [0.717, 1.165) is 18.7 Å². The Morgan fingerprint density at radius 1 is 1.22 bits per heavy atom. The topological polar surface area (TPSA) is 41.5 Å². The smallest absolute Gasteiger partial charge is 0.250 e. The summed E-state index contributed by atoms with van der Waals surface area (Å²) in [5, 5.41) is 2.89. The highest BCUT2D eigenvalue weighted by atomic mass is 16.2. The molecular formula is C15H20N2O. The Bertz CT molecular complexity index is 471. The van der Waals surface area contributed by atoms with E-state index in [2.05, 4.69) is 49.3 Å². The molecule has 0 bridgehead atoms. The zero-order chi connectivity index (χ0) is 13.1. The number of amides is 1. The molecule has 1 aliphatic heterocycles. The first-order chi connectivity index (χ1) is 8.58. The minimum absolute atomic E-state index is 0.0521. The fraction of sp³-hybridized carbons (Fsp3) is 0.467. The molecule has 0 radical (unpaired) electrons. The summed E-state index contributed by atoms with van der Waals surface area (Å²) in [6, 6.07) is 6.28. The van der Waals surface area contributed by atoms with Crippen molar-refractivity contribution in [1.82, 2.24) is 5.32 Å². The predicted molar refractivity (Wildman–Crippen MR) is 73.9 cm³/mol. The number of hydrogen-bond donors (Lipinski definition) is 1. The van der Waals surface area contributed by atoms with Gasteiger partial charge in [-0.2, -0.15) is 0 Å². The van der Waals surface area contributed by atoms with E-state index < -0.39 is 0 Å². The Balaban J connectivity index is 2.10. The van der Waals surface area contributed by atoms with E-state index in [9.17, 15) is 4.79 Å². The third-order valence-corrected chi connectivity index (χ3v) is 3.10. The van der Waals surface area contributed by atoms with E-state index in [4.69, 9.17) is 0 Å². The summed E-state index contributed by atoms with van der Waals surface area (Å²) in [4.78, 5) is 16.1. The average molecular weight is 244 g/mol. The molecule has 18 heavy (non-hydrogen) atoms. The Morgan fingerprint density at radius 2 is 1.89 bits per heavy atom. The molecular weight excluding hydrogens is 224 g/mol. The summed E-state index contributed by atoms with van der Waals surface area (Å²) in [6.07, 6.45) is 2.54. The van der Waals surface area contributed by atoms with E-state index in [1.807, 2.05) is 0 Å². The van der Waals surface area contributed by atoms with Crippen LogP contribution in [0.1, 0.15) is 36.5 Å². The molecule has 1 aromatic rings. The van der Waals surface area contributed by atoms with Gasteiger partial charge in [-0.15, -0.1) is 0 Å². The zero-order valence-electron chi connectivity index (χ0n) is 11.3. The molecule has 1 heterocycles. The van der Waals surface area contributed by atoms with Gasteiger partial charge in [0.2, 0.25) is 5.91 Å². The maximum Gasteiger partial charge on any atom is 0.250 e. The number of aliphatic imine (C=N–C) groups is 1. The lowest BCUT2D eigenvalue weighted by Gasteiger charge is -2.04. The molecule has 0 aromatic heterocycles. The van der Waals surface area contributed by atoms with Crippen LogP contribution in [-0.2, 0) is 11.2 Å². The van der Waals surface area contributed by atoms with Crippen LogP contribution in [0.3, 0.4) is 0 Å². The molecule has 1 N–H and O–H groups in total. The van der Waals surface area contributed by atoms with Crippen molar-refractivity contribution in [2.75, 3.05) is 0 Å². The van der Waals surface area contributed by atoms with Gasteiger partial charge in [0, 0.05) is 6.42 Å². The third kappa shape index (κ3) is 2.97. The van der Waals surface area contributed by atoms with Crippen LogP contribution >= 0.6 is 0 Å². The van der Waals surface area contributed by atoms with Gasteiger partial charge >= 0.3 is 0 Å². The Hall–Kier alpha value is -1.64. The predicted octanol–water partition coefficient (Wildman–Crippen LogP) is 2.54. The summed E-state index contributed by atoms with van der Waals surface area (Å²) in [5.74, 6) is 0.861. The molecule has 2 rings (SSSR count). The van der Waals surface area contributed by atoms with Gasteiger partial charge in [-0.25, -0.2) is 0 Å². The largest absolute Gasteiger partial charge is 0.312 e. The molecule has 1 aromatic carbocycles. The number of aryl methyl sites for hydroxylation is 2. The van der Waals surface area contributed by atoms with Crippen LogP contribution in [-0.4, -0.2) is 17.8 Å². The molecule has 0 aliphatic carbocycles. The highest BCUT2D eigenvalue weighted by Gasteiger charge is 2.24. The second kappa shape index (κ2) is 5.34. The molecule has 0 saturated carbocycles. The van der Waals surface area contributed by atoms with Gasteiger partial charge in [0.15, 0.2) is 0 Å². The molecule has 1 unspecified atom stereocenters. The first kappa shape index (κ1) is 12.8. The van der Waals surface area contributed by atoms with Crippen molar-refractivity contribution in [3.63, 3.8) is 0 Å². The maximum absolute atomic E-state index is 11.7. The molecule has 0 saturated heterocycles. The SMILES string of the molecule is CCCC1N=C(Cc2cc(C)cc(C)c2)NC1=O. The quantitative estimate of drug-likeness (QED) is 0.869. The van der Waals surface area contributed by atoms with Gasteiger partial charge < -0.3 is 5.32 Å². The number of amidine groups is 1. The third-order valence-electron chi connectivity index (χ3n) is 3.10. The summed E-state index contributed by atoms with van der Waals surface area (Å²) in [6.45, 7) is 6.25. The van der Waals surface area contributed by atoms with Crippen molar-refractivity contribution in [2.45, 2.75) is 46.1 Å². The van der Waals surface area contributed by atoms with Gasteiger partial charge in [-0.3, -0.25) is 9.79 Å². The molecule has 1 atom stereocenters. The van der Waals surface area contributed by atoms with Gasteiger partial charge in [0.25, 0.3) is 0 Å². The number of benzene rings is 1. The van der Waals surface area contributed by atoms with E-state index in [1.165, 1.54) is 16.7 Å². The Morgan fingerprint density at radius 3 is 2.50 bits per heavy atom. The number of nitrogens with one attached hydrogen (secondary N) is 1. The van der Waals surface area contributed by atoms with Crippen LogP contribution in [0, 0.1) is 13.8 Å². The van der Waals surface area contributed by atoms with Crippen molar-refractivity contribution in [1.29, 1.82) is 0 Å². The van der Waals surface area contributed by atoms with Crippen LogP contribution in [0.5, 0.6) is 0 Å². The average Bonchev–Trinajstić information content (AvgIpc) is 2.58. The van der Waals surface area contributed by atoms with Crippen LogP contribution in [0.4, 0.5) is 0 Å². The molecule has 3 nitrogen and oxygen atoms in total. The summed E-state index contributed by atoms with van der Waals surface area (Å²) < 4.78 is 0. The highest BCUT2D eigenvalue weighted by Crippen LogP contribution is 2.13. The first-order valence-electron chi connectivity index (χ1n) is 6.53. The molecule has 1 amide bonds. The van der Waals surface area contributed by atoms with Crippen molar-refractivity contribution >= 4 is 11.7 Å². The molecule has 1 aliphatic rings. The number of hydrogen-bond acceptors (Lipinski definition) is 2. The summed E-state index contributed by atoms with van der Waals surface area (Å²) in [5.41, 5.74) is 3.71. The van der Waals surface area contributed by atoms with Crippen molar-refractivity contribution in [3.05, 3.63) is 34.9 Å². The maximum atomic E-state index is 11.7. The Labute approximate surface area is 108 Å². The van der Waals surface area contributed by atoms with Gasteiger partial charge in [0.1, 0.15) is 11.9 Å².